The second-order valence-corrected chi connectivity index (χ2v) is 8.74. The standard InChI is InChI=1S/C23H33N3O3S/c1-19(2)15-26(23(28)18-30-21-10-6-5-7-11-21)17-22(27)25(13-14-29-4)16-20-9-8-12-24(20)3/h5-12,19H,13-18H2,1-4H3. The van der Waals surface area contributed by atoms with Gasteiger partial charge in [-0.2, -0.15) is 0 Å². The molecule has 7 heteroatoms. The third-order valence-electron chi connectivity index (χ3n) is 4.69. The van der Waals surface area contributed by atoms with Crippen LogP contribution in [0.5, 0.6) is 0 Å². The van der Waals surface area contributed by atoms with Crippen LogP contribution in [0, 0.1) is 5.92 Å². The summed E-state index contributed by atoms with van der Waals surface area (Å²) in [5.41, 5.74) is 1.04. The van der Waals surface area contributed by atoms with E-state index in [0.29, 0.717) is 32.0 Å². The minimum Gasteiger partial charge on any atom is -0.383 e. The molecule has 1 aromatic carbocycles. The van der Waals surface area contributed by atoms with Gasteiger partial charge in [0.1, 0.15) is 0 Å². The molecule has 0 aliphatic rings. The molecule has 0 N–H and O–H groups in total. The number of thioether (sulfide) groups is 1. The molecule has 0 saturated carbocycles. The van der Waals surface area contributed by atoms with E-state index < -0.39 is 0 Å². The van der Waals surface area contributed by atoms with Gasteiger partial charge < -0.3 is 19.1 Å². The number of benzene rings is 1. The largest absolute Gasteiger partial charge is 0.383 e. The molecule has 1 heterocycles. The summed E-state index contributed by atoms with van der Waals surface area (Å²) in [6.45, 7) is 6.20. The van der Waals surface area contributed by atoms with E-state index in [2.05, 4.69) is 13.8 Å². The van der Waals surface area contributed by atoms with Crippen molar-refractivity contribution >= 4 is 23.6 Å². The normalized spacial score (nSPS) is 11.0. The molecule has 0 spiro atoms. The van der Waals surface area contributed by atoms with Crippen LogP contribution in [0.4, 0.5) is 0 Å². The minimum atomic E-state index is -0.0630. The zero-order chi connectivity index (χ0) is 21.9. The van der Waals surface area contributed by atoms with E-state index in [1.807, 2.05) is 60.3 Å². The number of carbonyl (C=O) groups is 2. The van der Waals surface area contributed by atoms with Crippen LogP contribution in [0.3, 0.4) is 0 Å². The highest BCUT2D eigenvalue weighted by molar-refractivity contribution is 8.00. The van der Waals surface area contributed by atoms with Gasteiger partial charge in [-0.3, -0.25) is 9.59 Å². The Kier molecular flexibility index (Phi) is 9.97. The summed E-state index contributed by atoms with van der Waals surface area (Å²) in [5, 5.41) is 0. The Balaban J connectivity index is 2.04. The Morgan fingerprint density at radius 3 is 2.40 bits per heavy atom. The maximum absolute atomic E-state index is 13.1. The van der Waals surface area contributed by atoms with Crippen molar-refractivity contribution in [2.45, 2.75) is 25.3 Å². The third-order valence-corrected chi connectivity index (χ3v) is 5.69. The number of rotatable bonds is 12. The van der Waals surface area contributed by atoms with Crippen molar-refractivity contribution in [2.24, 2.45) is 13.0 Å². The van der Waals surface area contributed by atoms with Crippen LogP contribution in [0.1, 0.15) is 19.5 Å². The molecule has 0 aliphatic heterocycles. The molecule has 0 bridgehead atoms. The van der Waals surface area contributed by atoms with Crippen molar-refractivity contribution in [1.82, 2.24) is 14.4 Å². The number of hydrogen-bond acceptors (Lipinski definition) is 4. The number of aryl methyl sites for hydroxylation is 1. The van der Waals surface area contributed by atoms with Crippen molar-refractivity contribution in [3.8, 4) is 0 Å². The highest BCUT2D eigenvalue weighted by Gasteiger charge is 2.22. The monoisotopic (exact) mass is 431 g/mol. The summed E-state index contributed by atoms with van der Waals surface area (Å²) in [7, 11) is 3.59. The van der Waals surface area contributed by atoms with Crippen molar-refractivity contribution in [3.63, 3.8) is 0 Å². The number of methoxy groups -OCH3 is 1. The lowest BCUT2D eigenvalue weighted by atomic mass is 10.2. The molecular formula is C23H33N3O3S. The van der Waals surface area contributed by atoms with Crippen LogP contribution in [-0.2, 0) is 27.9 Å². The van der Waals surface area contributed by atoms with Gasteiger partial charge in [0.25, 0.3) is 0 Å². The van der Waals surface area contributed by atoms with Gasteiger partial charge in [-0.15, -0.1) is 11.8 Å². The van der Waals surface area contributed by atoms with E-state index in [1.165, 1.54) is 11.8 Å². The topological polar surface area (TPSA) is 54.8 Å². The number of nitrogens with zero attached hydrogens (tertiary/aromatic N) is 3. The predicted molar refractivity (Wildman–Crippen MR) is 121 cm³/mol. The molecule has 1 aromatic heterocycles. The number of carbonyl (C=O) groups excluding carboxylic acids is 2. The van der Waals surface area contributed by atoms with E-state index in [1.54, 1.807) is 16.9 Å². The maximum atomic E-state index is 13.1. The molecule has 0 atom stereocenters. The van der Waals surface area contributed by atoms with Crippen molar-refractivity contribution in [3.05, 3.63) is 54.4 Å². The van der Waals surface area contributed by atoms with Gasteiger partial charge in [-0.1, -0.05) is 32.0 Å². The first-order valence-electron chi connectivity index (χ1n) is 10.2. The van der Waals surface area contributed by atoms with E-state index in [9.17, 15) is 9.59 Å². The Hall–Kier alpha value is -2.25. The maximum Gasteiger partial charge on any atom is 0.242 e. The summed E-state index contributed by atoms with van der Waals surface area (Å²) in [5.74, 6) is 0.520. The third kappa shape index (κ3) is 7.88. The average Bonchev–Trinajstić information content (AvgIpc) is 3.13. The molecule has 0 saturated heterocycles. The molecule has 2 rings (SSSR count). The summed E-state index contributed by atoms with van der Waals surface area (Å²) >= 11 is 1.50. The van der Waals surface area contributed by atoms with Crippen LogP contribution in [0.15, 0.2) is 53.6 Å². The number of ether oxygens (including phenoxy) is 1. The molecule has 164 valence electrons. The summed E-state index contributed by atoms with van der Waals surface area (Å²) in [6, 6.07) is 13.8. The van der Waals surface area contributed by atoms with Crippen LogP contribution in [0.2, 0.25) is 0 Å². The smallest absolute Gasteiger partial charge is 0.242 e. The molecular weight excluding hydrogens is 398 g/mol. The zero-order valence-electron chi connectivity index (χ0n) is 18.4. The van der Waals surface area contributed by atoms with E-state index in [-0.39, 0.29) is 24.3 Å². The predicted octanol–water partition coefficient (Wildman–Crippen LogP) is 3.28. The fourth-order valence-electron chi connectivity index (χ4n) is 3.06. The van der Waals surface area contributed by atoms with E-state index in [0.717, 1.165) is 10.6 Å². The number of hydrogen-bond donors (Lipinski definition) is 0. The second-order valence-electron chi connectivity index (χ2n) is 7.69. The van der Waals surface area contributed by atoms with Gasteiger partial charge in [-0.25, -0.2) is 0 Å². The van der Waals surface area contributed by atoms with Crippen LogP contribution in [-0.4, -0.2) is 65.3 Å². The second kappa shape index (κ2) is 12.4. The first-order chi connectivity index (χ1) is 14.4. The van der Waals surface area contributed by atoms with Gasteiger partial charge in [0, 0.05) is 44.0 Å². The van der Waals surface area contributed by atoms with Crippen molar-refractivity contribution < 1.29 is 14.3 Å². The number of amides is 2. The van der Waals surface area contributed by atoms with Crippen molar-refractivity contribution in [2.75, 3.05) is 39.1 Å². The fourth-order valence-corrected chi connectivity index (χ4v) is 3.88. The lowest BCUT2D eigenvalue weighted by Gasteiger charge is -2.29. The Morgan fingerprint density at radius 2 is 1.80 bits per heavy atom. The fraction of sp³-hybridized carbons (Fsp3) is 0.478. The minimum absolute atomic E-state index is 0.0172. The first-order valence-corrected chi connectivity index (χ1v) is 11.2. The number of aromatic nitrogens is 1. The molecule has 2 aromatic rings. The molecule has 0 unspecified atom stereocenters. The average molecular weight is 432 g/mol. The van der Waals surface area contributed by atoms with Crippen LogP contribution in [0.25, 0.3) is 0 Å². The molecule has 0 fully saturated rings. The quantitative estimate of drug-likeness (QED) is 0.484. The van der Waals surface area contributed by atoms with Gasteiger partial charge in [0.2, 0.25) is 11.8 Å². The Morgan fingerprint density at radius 1 is 1.07 bits per heavy atom. The van der Waals surface area contributed by atoms with Gasteiger partial charge >= 0.3 is 0 Å². The molecule has 6 nitrogen and oxygen atoms in total. The molecule has 0 aliphatic carbocycles. The summed E-state index contributed by atoms with van der Waals surface area (Å²) in [6.07, 6.45) is 1.96. The van der Waals surface area contributed by atoms with Crippen LogP contribution < -0.4 is 0 Å². The molecule has 2 amide bonds. The molecule has 30 heavy (non-hydrogen) atoms. The summed E-state index contributed by atoms with van der Waals surface area (Å²) in [4.78, 5) is 30.5. The zero-order valence-corrected chi connectivity index (χ0v) is 19.2. The molecule has 0 radical (unpaired) electrons. The first kappa shape index (κ1) is 24.0. The van der Waals surface area contributed by atoms with Crippen molar-refractivity contribution in [1.29, 1.82) is 0 Å². The highest BCUT2D eigenvalue weighted by atomic mass is 32.2. The Labute approximate surface area is 184 Å². The van der Waals surface area contributed by atoms with E-state index in [4.69, 9.17) is 4.74 Å². The van der Waals surface area contributed by atoms with Crippen LogP contribution >= 0.6 is 11.8 Å². The summed E-state index contributed by atoms with van der Waals surface area (Å²) < 4.78 is 7.19. The van der Waals surface area contributed by atoms with Gasteiger partial charge in [-0.05, 0) is 30.2 Å². The lowest BCUT2D eigenvalue weighted by Crippen LogP contribution is -2.45. The lowest BCUT2D eigenvalue weighted by molar-refractivity contribution is -0.140. The van der Waals surface area contributed by atoms with E-state index >= 15 is 0 Å². The van der Waals surface area contributed by atoms with Gasteiger partial charge in [0.15, 0.2) is 0 Å². The Bertz CT molecular complexity index is 792. The highest BCUT2D eigenvalue weighted by Crippen LogP contribution is 2.18. The SMILES string of the molecule is COCCN(Cc1cccn1C)C(=O)CN(CC(C)C)C(=O)CSc1ccccc1. The van der Waals surface area contributed by atoms with Gasteiger partial charge in [0.05, 0.1) is 25.4 Å².